The van der Waals surface area contributed by atoms with Gasteiger partial charge in [0, 0.05) is 11.0 Å². The van der Waals surface area contributed by atoms with Gasteiger partial charge in [-0.15, -0.1) is 0 Å². The molecule has 0 radical (unpaired) electrons. The van der Waals surface area contributed by atoms with E-state index < -0.39 is 0 Å². The van der Waals surface area contributed by atoms with E-state index in [0.29, 0.717) is 16.7 Å². The first-order chi connectivity index (χ1) is 9.50. The van der Waals surface area contributed by atoms with Gasteiger partial charge in [-0.05, 0) is 41.4 Å². The van der Waals surface area contributed by atoms with Crippen molar-refractivity contribution in [2.75, 3.05) is 5.32 Å². The number of anilines is 1. The Morgan fingerprint density at radius 2 is 2.00 bits per heavy atom. The summed E-state index contributed by atoms with van der Waals surface area (Å²) in [6.45, 7) is 4.47. The number of aromatic nitrogens is 2. The van der Waals surface area contributed by atoms with Crippen molar-refractivity contribution in [3.8, 4) is 0 Å². The van der Waals surface area contributed by atoms with E-state index in [4.69, 9.17) is 0 Å². The van der Waals surface area contributed by atoms with Gasteiger partial charge >= 0.3 is 0 Å². The molecule has 1 aromatic heterocycles. The van der Waals surface area contributed by atoms with Crippen LogP contribution in [0.2, 0.25) is 0 Å². The molecule has 0 atom stereocenters. The van der Waals surface area contributed by atoms with Crippen molar-refractivity contribution in [1.82, 2.24) is 9.78 Å². The first kappa shape index (κ1) is 15.3. The largest absolute Gasteiger partial charge is 0.379 e. The van der Waals surface area contributed by atoms with Crippen molar-refractivity contribution >= 4 is 37.5 Å². The molecule has 0 spiro atoms. The maximum absolute atomic E-state index is 12.1. The molecular weight excluding hydrogens is 386 g/mol. The predicted molar refractivity (Wildman–Crippen MR) is 88.1 cm³/mol. The van der Waals surface area contributed by atoms with Crippen LogP contribution in [0.3, 0.4) is 0 Å². The zero-order valence-electron chi connectivity index (χ0n) is 11.2. The van der Waals surface area contributed by atoms with Crippen molar-refractivity contribution in [1.29, 1.82) is 0 Å². The van der Waals surface area contributed by atoms with Crippen LogP contribution in [0, 0.1) is 0 Å². The van der Waals surface area contributed by atoms with Gasteiger partial charge in [0.15, 0.2) is 0 Å². The molecule has 2 rings (SSSR count). The van der Waals surface area contributed by atoms with Crippen molar-refractivity contribution in [2.24, 2.45) is 0 Å². The highest BCUT2D eigenvalue weighted by Gasteiger charge is 2.10. The van der Waals surface area contributed by atoms with Crippen LogP contribution in [-0.4, -0.2) is 9.78 Å². The van der Waals surface area contributed by atoms with E-state index in [-0.39, 0.29) is 11.6 Å². The van der Waals surface area contributed by atoms with Crippen LogP contribution in [0.4, 0.5) is 5.69 Å². The summed E-state index contributed by atoms with van der Waals surface area (Å²) in [4.78, 5) is 12.1. The number of hydrogen-bond donors (Lipinski definition) is 1. The lowest BCUT2D eigenvalue weighted by molar-refractivity contribution is 0.501. The van der Waals surface area contributed by atoms with Gasteiger partial charge in [0.2, 0.25) is 0 Å². The molecule has 4 nitrogen and oxygen atoms in total. The molecule has 1 aromatic carbocycles. The summed E-state index contributed by atoms with van der Waals surface area (Å²) in [6, 6.07) is 7.99. The number of benzene rings is 1. The molecule has 106 valence electrons. The Morgan fingerprint density at radius 3 is 2.65 bits per heavy atom. The van der Waals surface area contributed by atoms with Crippen LogP contribution in [0.1, 0.15) is 25.5 Å². The molecule has 20 heavy (non-hydrogen) atoms. The molecule has 0 bridgehead atoms. The molecule has 0 aliphatic rings. The predicted octanol–water partition coefficient (Wildman–Crippen LogP) is 3.96. The summed E-state index contributed by atoms with van der Waals surface area (Å²) in [5, 5.41) is 7.40. The summed E-state index contributed by atoms with van der Waals surface area (Å²) in [5.74, 6) is 0. The van der Waals surface area contributed by atoms with E-state index in [1.807, 2.05) is 38.1 Å². The molecular formula is C14H15Br2N3O. The molecule has 0 fully saturated rings. The van der Waals surface area contributed by atoms with Gasteiger partial charge in [-0.25, -0.2) is 4.68 Å². The molecule has 2 aromatic rings. The Labute approximate surface area is 134 Å². The second-order valence-corrected chi connectivity index (χ2v) is 6.31. The van der Waals surface area contributed by atoms with Gasteiger partial charge in [0.25, 0.3) is 5.56 Å². The van der Waals surface area contributed by atoms with Gasteiger partial charge in [0.1, 0.15) is 4.47 Å². The average Bonchev–Trinajstić information content (AvgIpc) is 2.41. The lowest BCUT2D eigenvalue weighted by atomic mass is 10.2. The fourth-order valence-electron chi connectivity index (χ4n) is 1.77. The van der Waals surface area contributed by atoms with E-state index in [2.05, 4.69) is 42.3 Å². The third-order valence-electron chi connectivity index (χ3n) is 2.86. The maximum atomic E-state index is 12.1. The molecule has 1 N–H and O–H groups in total. The minimum atomic E-state index is -0.128. The van der Waals surface area contributed by atoms with Crippen molar-refractivity contribution in [2.45, 2.75) is 26.4 Å². The second kappa shape index (κ2) is 6.54. The molecule has 0 aliphatic heterocycles. The Hall–Kier alpha value is -1.14. The summed E-state index contributed by atoms with van der Waals surface area (Å²) >= 11 is 6.84. The SMILES string of the molecule is CC(C)n1ncc(NCc2ccccc2Br)c(Br)c1=O. The monoisotopic (exact) mass is 399 g/mol. The summed E-state index contributed by atoms with van der Waals surface area (Å²) < 4.78 is 2.99. The molecule has 0 unspecified atom stereocenters. The fraction of sp³-hybridized carbons (Fsp3) is 0.286. The van der Waals surface area contributed by atoms with Gasteiger partial charge in [-0.2, -0.15) is 5.10 Å². The van der Waals surface area contributed by atoms with E-state index in [0.717, 1.165) is 10.0 Å². The first-order valence-electron chi connectivity index (χ1n) is 6.25. The molecule has 6 heteroatoms. The van der Waals surface area contributed by atoms with Gasteiger partial charge < -0.3 is 5.32 Å². The zero-order valence-corrected chi connectivity index (χ0v) is 14.4. The number of hydrogen-bond acceptors (Lipinski definition) is 3. The van der Waals surface area contributed by atoms with E-state index >= 15 is 0 Å². The molecule has 1 heterocycles. The highest BCUT2D eigenvalue weighted by atomic mass is 79.9. The maximum Gasteiger partial charge on any atom is 0.283 e. The standard InChI is InChI=1S/C14H15Br2N3O/c1-9(2)19-14(20)13(16)12(8-18-19)17-7-10-5-3-4-6-11(10)15/h3-6,8-9,17H,7H2,1-2H3. The van der Waals surface area contributed by atoms with Crippen LogP contribution in [0.5, 0.6) is 0 Å². The van der Waals surface area contributed by atoms with Crippen LogP contribution in [-0.2, 0) is 6.54 Å². The Bertz CT molecular complexity index is 668. The number of nitrogens with one attached hydrogen (secondary N) is 1. The number of rotatable bonds is 4. The minimum absolute atomic E-state index is 0.0381. The first-order valence-corrected chi connectivity index (χ1v) is 7.84. The van der Waals surface area contributed by atoms with Crippen LogP contribution < -0.4 is 10.9 Å². The van der Waals surface area contributed by atoms with Gasteiger partial charge in [-0.1, -0.05) is 34.1 Å². The molecule has 0 amide bonds. The smallest absolute Gasteiger partial charge is 0.283 e. The third-order valence-corrected chi connectivity index (χ3v) is 4.40. The number of halogens is 2. The molecule has 0 saturated carbocycles. The van der Waals surface area contributed by atoms with Crippen molar-refractivity contribution in [3.63, 3.8) is 0 Å². The molecule has 0 aliphatic carbocycles. The zero-order chi connectivity index (χ0) is 14.7. The topological polar surface area (TPSA) is 46.9 Å². The third kappa shape index (κ3) is 3.30. The summed E-state index contributed by atoms with van der Waals surface area (Å²) in [5.41, 5.74) is 1.69. The molecule has 0 saturated heterocycles. The Balaban J connectivity index is 2.21. The van der Waals surface area contributed by atoms with Crippen molar-refractivity contribution < 1.29 is 0 Å². The van der Waals surface area contributed by atoms with Crippen LogP contribution in [0.25, 0.3) is 0 Å². The van der Waals surface area contributed by atoms with Crippen molar-refractivity contribution in [3.05, 3.63) is 55.3 Å². The van der Waals surface area contributed by atoms with E-state index in [1.54, 1.807) is 6.20 Å². The lowest BCUT2D eigenvalue weighted by Gasteiger charge is -2.13. The lowest BCUT2D eigenvalue weighted by Crippen LogP contribution is -2.26. The highest BCUT2D eigenvalue weighted by Crippen LogP contribution is 2.21. The van der Waals surface area contributed by atoms with Crippen LogP contribution in [0.15, 0.2) is 44.2 Å². The van der Waals surface area contributed by atoms with Gasteiger partial charge in [-0.3, -0.25) is 4.79 Å². The van der Waals surface area contributed by atoms with Gasteiger partial charge in [0.05, 0.1) is 17.9 Å². The minimum Gasteiger partial charge on any atom is -0.379 e. The number of nitrogens with zero attached hydrogens (tertiary/aromatic N) is 2. The Morgan fingerprint density at radius 1 is 1.30 bits per heavy atom. The van der Waals surface area contributed by atoms with E-state index in [9.17, 15) is 4.79 Å². The normalized spacial score (nSPS) is 10.8. The second-order valence-electron chi connectivity index (χ2n) is 4.66. The summed E-state index contributed by atoms with van der Waals surface area (Å²) in [6.07, 6.45) is 1.67. The summed E-state index contributed by atoms with van der Waals surface area (Å²) in [7, 11) is 0. The quantitative estimate of drug-likeness (QED) is 0.844. The Kier molecular flexibility index (Phi) is 4.99. The highest BCUT2D eigenvalue weighted by molar-refractivity contribution is 9.10. The van der Waals surface area contributed by atoms with Crippen LogP contribution >= 0.6 is 31.9 Å². The van der Waals surface area contributed by atoms with E-state index in [1.165, 1.54) is 4.68 Å². The fourth-order valence-corrected chi connectivity index (χ4v) is 2.62. The average molecular weight is 401 g/mol.